The molecule has 2 aromatic carbocycles. The van der Waals surface area contributed by atoms with E-state index in [0.29, 0.717) is 11.5 Å². The number of benzene rings is 2. The predicted molar refractivity (Wildman–Crippen MR) is 140 cm³/mol. The summed E-state index contributed by atoms with van der Waals surface area (Å²) in [6, 6.07) is 14.3. The van der Waals surface area contributed by atoms with E-state index in [4.69, 9.17) is 4.52 Å². The number of halogens is 1. The molecule has 0 N–H and O–H groups in total. The van der Waals surface area contributed by atoms with Gasteiger partial charge >= 0.3 is 0 Å². The molecule has 36 heavy (non-hydrogen) atoms. The van der Waals surface area contributed by atoms with Crippen molar-refractivity contribution in [2.75, 3.05) is 26.2 Å². The molecule has 0 spiro atoms. The van der Waals surface area contributed by atoms with Crippen molar-refractivity contribution in [3.05, 3.63) is 86.5 Å². The average Bonchev–Trinajstić information content (AvgIpc) is 3.47. The highest BCUT2D eigenvalue weighted by Crippen LogP contribution is 2.35. The fraction of sp³-hybridized carbons (Fsp3) is 0.379. The quantitative estimate of drug-likeness (QED) is 0.337. The first-order chi connectivity index (χ1) is 17.6. The Kier molecular flexibility index (Phi) is 6.36. The number of rotatable bonds is 5. The van der Waals surface area contributed by atoms with E-state index >= 15 is 0 Å². The van der Waals surface area contributed by atoms with E-state index in [1.54, 1.807) is 6.07 Å². The summed E-state index contributed by atoms with van der Waals surface area (Å²) in [5.41, 5.74) is 5.25. The van der Waals surface area contributed by atoms with Gasteiger partial charge in [-0.25, -0.2) is 4.39 Å². The van der Waals surface area contributed by atoms with Gasteiger partial charge in [-0.2, -0.15) is 0 Å². The molecule has 1 amide bonds. The number of likely N-dealkylation sites (tertiary alicyclic amines) is 1. The molecule has 0 saturated carbocycles. The standard InChI is InChI=1S/C29H30FN3O2S/c1-19-23(24-12-16-33(18-27(24)36-19)29(34)21-5-3-2-4-6-21)11-15-32-13-9-20(10-14-32)28-25-8-7-22(30)17-26(25)35-31-28/h2-8,17,20H,9-16,18H2,1H3. The number of hydrogen-bond donors (Lipinski definition) is 0. The van der Waals surface area contributed by atoms with Crippen molar-refractivity contribution in [2.45, 2.75) is 45.1 Å². The molecule has 0 aliphatic carbocycles. The second-order valence-electron chi connectivity index (χ2n) is 9.96. The van der Waals surface area contributed by atoms with Gasteiger partial charge in [0.1, 0.15) is 5.82 Å². The van der Waals surface area contributed by atoms with Crippen LogP contribution in [0.4, 0.5) is 4.39 Å². The summed E-state index contributed by atoms with van der Waals surface area (Å²) in [5, 5.41) is 5.22. The third-order valence-corrected chi connectivity index (χ3v) is 8.97. The van der Waals surface area contributed by atoms with Crippen molar-refractivity contribution in [1.82, 2.24) is 15.0 Å². The number of amides is 1. The van der Waals surface area contributed by atoms with Crippen LogP contribution in [0.25, 0.3) is 11.0 Å². The van der Waals surface area contributed by atoms with Gasteiger partial charge in [-0.3, -0.25) is 4.79 Å². The van der Waals surface area contributed by atoms with Gasteiger partial charge in [-0.15, -0.1) is 11.3 Å². The fourth-order valence-corrected chi connectivity index (χ4v) is 7.08. The second kappa shape index (κ2) is 9.79. The first-order valence-corrected chi connectivity index (χ1v) is 13.6. The summed E-state index contributed by atoms with van der Waals surface area (Å²) >= 11 is 1.86. The molecule has 4 heterocycles. The average molecular weight is 504 g/mol. The second-order valence-corrected chi connectivity index (χ2v) is 11.3. The van der Waals surface area contributed by atoms with Gasteiger partial charge in [-0.1, -0.05) is 23.4 Å². The highest BCUT2D eigenvalue weighted by atomic mass is 32.1. The first kappa shape index (κ1) is 23.4. The van der Waals surface area contributed by atoms with Gasteiger partial charge in [0.15, 0.2) is 5.58 Å². The number of aryl methyl sites for hydroxylation is 1. The van der Waals surface area contributed by atoms with Crippen molar-refractivity contribution >= 4 is 28.2 Å². The molecule has 5 nitrogen and oxygen atoms in total. The molecular formula is C29H30FN3O2S. The van der Waals surface area contributed by atoms with Crippen LogP contribution in [-0.4, -0.2) is 47.0 Å². The molecule has 0 bridgehead atoms. The number of hydrogen-bond acceptors (Lipinski definition) is 5. The maximum absolute atomic E-state index is 13.5. The molecular weight excluding hydrogens is 473 g/mol. The van der Waals surface area contributed by atoms with Gasteiger partial charge in [0.05, 0.1) is 12.2 Å². The Morgan fingerprint density at radius 2 is 1.94 bits per heavy atom. The zero-order chi connectivity index (χ0) is 24.6. The predicted octanol–water partition coefficient (Wildman–Crippen LogP) is 5.96. The van der Waals surface area contributed by atoms with Crippen LogP contribution in [0.2, 0.25) is 0 Å². The molecule has 0 atom stereocenters. The summed E-state index contributed by atoms with van der Waals surface area (Å²) in [6.07, 6.45) is 4.07. The largest absolute Gasteiger partial charge is 0.356 e. The van der Waals surface area contributed by atoms with E-state index < -0.39 is 0 Å². The van der Waals surface area contributed by atoms with E-state index in [1.165, 1.54) is 33.0 Å². The van der Waals surface area contributed by atoms with E-state index in [2.05, 4.69) is 17.0 Å². The van der Waals surface area contributed by atoms with Gasteiger partial charge < -0.3 is 14.3 Å². The third kappa shape index (κ3) is 4.46. The minimum atomic E-state index is -0.290. The normalized spacial score (nSPS) is 17.0. The lowest BCUT2D eigenvalue weighted by atomic mass is 9.91. The molecule has 2 aromatic heterocycles. The molecule has 0 radical (unpaired) electrons. The molecule has 2 aliphatic rings. The Morgan fingerprint density at radius 1 is 1.14 bits per heavy atom. The molecule has 4 aromatic rings. The van der Waals surface area contributed by atoms with Crippen LogP contribution >= 0.6 is 11.3 Å². The molecule has 186 valence electrons. The van der Waals surface area contributed by atoms with Crippen LogP contribution in [0, 0.1) is 12.7 Å². The number of carbonyl (C=O) groups is 1. The van der Waals surface area contributed by atoms with Crippen LogP contribution in [0.3, 0.4) is 0 Å². The highest BCUT2D eigenvalue weighted by Gasteiger charge is 2.28. The fourth-order valence-electron chi connectivity index (χ4n) is 5.79. The maximum atomic E-state index is 13.5. The zero-order valence-electron chi connectivity index (χ0n) is 20.5. The van der Waals surface area contributed by atoms with Crippen LogP contribution in [0.1, 0.15) is 55.7 Å². The Morgan fingerprint density at radius 3 is 2.75 bits per heavy atom. The smallest absolute Gasteiger partial charge is 0.254 e. The summed E-state index contributed by atoms with van der Waals surface area (Å²) in [7, 11) is 0. The molecule has 1 fully saturated rings. The monoisotopic (exact) mass is 503 g/mol. The number of piperidine rings is 1. The maximum Gasteiger partial charge on any atom is 0.254 e. The van der Waals surface area contributed by atoms with Crippen molar-refractivity contribution in [2.24, 2.45) is 0 Å². The topological polar surface area (TPSA) is 49.6 Å². The van der Waals surface area contributed by atoms with E-state index in [0.717, 1.165) is 75.1 Å². The van der Waals surface area contributed by atoms with Crippen LogP contribution < -0.4 is 0 Å². The molecule has 6 rings (SSSR count). The summed E-state index contributed by atoms with van der Waals surface area (Å²) < 4.78 is 18.9. The lowest BCUT2D eigenvalue weighted by Crippen LogP contribution is -2.36. The Balaban J connectivity index is 1.06. The summed E-state index contributed by atoms with van der Waals surface area (Å²) in [5.74, 6) is 0.194. The molecule has 7 heteroatoms. The lowest BCUT2D eigenvalue weighted by molar-refractivity contribution is 0.0737. The Labute approximate surface area is 214 Å². The van der Waals surface area contributed by atoms with Crippen molar-refractivity contribution in [3.8, 4) is 0 Å². The summed E-state index contributed by atoms with van der Waals surface area (Å²) in [6.45, 7) is 6.84. The van der Waals surface area contributed by atoms with Crippen LogP contribution in [0.5, 0.6) is 0 Å². The van der Waals surface area contributed by atoms with Crippen molar-refractivity contribution in [1.29, 1.82) is 0 Å². The minimum absolute atomic E-state index is 0.127. The van der Waals surface area contributed by atoms with Crippen LogP contribution in [-0.2, 0) is 19.4 Å². The van der Waals surface area contributed by atoms with Gasteiger partial charge in [-0.05, 0) is 81.1 Å². The molecule has 0 unspecified atom stereocenters. The van der Waals surface area contributed by atoms with Gasteiger partial charge in [0.25, 0.3) is 5.91 Å². The first-order valence-electron chi connectivity index (χ1n) is 12.8. The molecule has 1 saturated heterocycles. The number of thiophene rings is 1. The number of fused-ring (bicyclic) bond motifs is 2. The molecule has 2 aliphatic heterocycles. The number of nitrogens with zero attached hydrogens (tertiary/aromatic N) is 3. The van der Waals surface area contributed by atoms with Gasteiger partial charge in [0.2, 0.25) is 0 Å². The number of aromatic nitrogens is 1. The van der Waals surface area contributed by atoms with Crippen molar-refractivity contribution < 1.29 is 13.7 Å². The minimum Gasteiger partial charge on any atom is -0.356 e. The lowest BCUT2D eigenvalue weighted by Gasteiger charge is -2.31. The zero-order valence-corrected chi connectivity index (χ0v) is 21.3. The SMILES string of the molecule is Cc1sc2c(c1CCN1CCC(c3noc4cc(F)ccc34)CC1)CCN(C(=O)c1ccccc1)C2. The highest BCUT2D eigenvalue weighted by molar-refractivity contribution is 7.12. The summed E-state index contributed by atoms with van der Waals surface area (Å²) in [4.78, 5) is 20.2. The number of carbonyl (C=O) groups excluding carboxylic acids is 1. The van der Waals surface area contributed by atoms with Gasteiger partial charge in [0, 0.05) is 45.8 Å². The van der Waals surface area contributed by atoms with E-state index in [9.17, 15) is 9.18 Å². The van der Waals surface area contributed by atoms with Crippen LogP contribution in [0.15, 0.2) is 53.1 Å². The Hall–Kier alpha value is -3.03. The van der Waals surface area contributed by atoms with E-state index in [-0.39, 0.29) is 11.7 Å². The van der Waals surface area contributed by atoms with E-state index in [1.807, 2.05) is 46.6 Å². The van der Waals surface area contributed by atoms with Crippen molar-refractivity contribution in [3.63, 3.8) is 0 Å². The Bertz CT molecular complexity index is 1390. The third-order valence-electron chi connectivity index (χ3n) is 7.79.